The van der Waals surface area contributed by atoms with Crippen LogP contribution >= 0.6 is 0 Å². The van der Waals surface area contributed by atoms with Crippen LogP contribution in [0.4, 0.5) is 5.69 Å². The van der Waals surface area contributed by atoms with Gasteiger partial charge in [0.1, 0.15) is 0 Å². The number of anilines is 1. The Morgan fingerprint density at radius 1 is 1.39 bits per heavy atom. The summed E-state index contributed by atoms with van der Waals surface area (Å²) in [6.07, 6.45) is 4.65. The van der Waals surface area contributed by atoms with Gasteiger partial charge in [0.25, 0.3) is 0 Å². The molecule has 1 fully saturated rings. The number of aliphatic imine (C=N–C) groups is 1. The van der Waals surface area contributed by atoms with Gasteiger partial charge in [-0.25, -0.2) is 0 Å². The van der Waals surface area contributed by atoms with Crippen molar-refractivity contribution >= 4 is 17.8 Å². The summed E-state index contributed by atoms with van der Waals surface area (Å²) < 4.78 is 0. The maximum Gasteiger partial charge on any atom is 0.227 e. The Hall–Kier alpha value is -1.64. The van der Waals surface area contributed by atoms with E-state index in [4.69, 9.17) is 0 Å². The third-order valence-corrected chi connectivity index (χ3v) is 3.87. The average molecular weight is 242 g/mol. The van der Waals surface area contributed by atoms with Crippen molar-refractivity contribution in [1.29, 1.82) is 0 Å². The molecule has 2 aliphatic heterocycles. The molecule has 2 aliphatic rings. The standard InChI is InChI=1S/C15H18N2O/c1-11-6-8-17(15(18)9-11)14-4-2-3-12-10-16-7-5-13(12)14/h2-4,10-11H,5-9H2,1H3. The largest absolute Gasteiger partial charge is 0.312 e. The third-order valence-electron chi connectivity index (χ3n) is 3.87. The molecule has 1 amide bonds. The van der Waals surface area contributed by atoms with Crippen molar-refractivity contribution < 1.29 is 4.79 Å². The SMILES string of the molecule is CC1CCN(c2cccc3c2CCN=C3)C(=O)C1. The van der Waals surface area contributed by atoms with Crippen LogP contribution in [-0.2, 0) is 11.2 Å². The zero-order valence-electron chi connectivity index (χ0n) is 10.7. The highest BCUT2D eigenvalue weighted by Gasteiger charge is 2.26. The quantitative estimate of drug-likeness (QED) is 0.744. The van der Waals surface area contributed by atoms with E-state index >= 15 is 0 Å². The van der Waals surface area contributed by atoms with Crippen molar-refractivity contribution in [2.24, 2.45) is 10.9 Å². The number of piperidine rings is 1. The van der Waals surface area contributed by atoms with Gasteiger partial charge in [-0.15, -0.1) is 0 Å². The predicted octanol–water partition coefficient (Wildman–Crippen LogP) is 2.42. The van der Waals surface area contributed by atoms with E-state index in [1.54, 1.807) is 0 Å². The first-order valence-electron chi connectivity index (χ1n) is 6.68. The maximum absolute atomic E-state index is 12.2. The van der Waals surface area contributed by atoms with Gasteiger partial charge < -0.3 is 4.90 Å². The second kappa shape index (κ2) is 4.56. The Labute approximate surface area is 108 Å². The van der Waals surface area contributed by atoms with Crippen molar-refractivity contribution in [3.8, 4) is 0 Å². The smallest absolute Gasteiger partial charge is 0.227 e. The lowest BCUT2D eigenvalue weighted by Crippen LogP contribution is -2.39. The highest BCUT2D eigenvalue weighted by molar-refractivity contribution is 5.97. The minimum Gasteiger partial charge on any atom is -0.312 e. The molecule has 1 unspecified atom stereocenters. The van der Waals surface area contributed by atoms with E-state index in [2.05, 4.69) is 24.0 Å². The number of hydrogen-bond acceptors (Lipinski definition) is 2. The van der Waals surface area contributed by atoms with Crippen LogP contribution < -0.4 is 4.90 Å². The van der Waals surface area contributed by atoms with E-state index < -0.39 is 0 Å². The van der Waals surface area contributed by atoms with Gasteiger partial charge in [0.05, 0.1) is 0 Å². The summed E-state index contributed by atoms with van der Waals surface area (Å²) in [5.41, 5.74) is 3.57. The zero-order chi connectivity index (χ0) is 12.5. The Morgan fingerprint density at radius 3 is 3.11 bits per heavy atom. The lowest BCUT2D eigenvalue weighted by molar-refractivity contribution is -0.120. The second-order valence-electron chi connectivity index (χ2n) is 5.27. The average Bonchev–Trinajstić information content (AvgIpc) is 2.38. The Morgan fingerprint density at radius 2 is 2.28 bits per heavy atom. The number of hydrogen-bond donors (Lipinski definition) is 0. The zero-order valence-corrected chi connectivity index (χ0v) is 10.7. The van der Waals surface area contributed by atoms with E-state index in [9.17, 15) is 4.79 Å². The molecule has 2 heterocycles. The molecular formula is C15H18N2O. The van der Waals surface area contributed by atoms with Gasteiger partial charge in [-0.1, -0.05) is 19.1 Å². The van der Waals surface area contributed by atoms with Crippen LogP contribution in [-0.4, -0.2) is 25.2 Å². The number of rotatable bonds is 1. The molecule has 18 heavy (non-hydrogen) atoms. The van der Waals surface area contributed by atoms with Crippen LogP contribution in [0.2, 0.25) is 0 Å². The van der Waals surface area contributed by atoms with Gasteiger partial charge in [-0.05, 0) is 36.0 Å². The molecule has 94 valence electrons. The van der Waals surface area contributed by atoms with Gasteiger partial charge in [0.15, 0.2) is 0 Å². The molecular weight excluding hydrogens is 224 g/mol. The van der Waals surface area contributed by atoms with Gasteiger partial charge in [0.2, 0.25) is 5.91 Å². The van der Waals surface area contributed by atoms with Crippen molar-refractivity contribution in [2.45, 2.75) is 26.2 Å². The molecule has 0 N–H and O–H groups in total. The van der Waals surface area contributed by atoms with E-state index in [-0.39, 0.29) is 5.91 Å². The Kier molecular flexibility index (Phi) is 2.90. The summed E-state index contributed by atoms with van der Waals surface area (Å²) in [5.74, 6) is 0.791. The topological polar surface area (TPSA) is 32.7 Å². The van der Waals surface area contributed by atoms with Gasteiger partial charge >= 0.3 is 0 Å². The van der Waals surface area contributed by atoms with E-state index in [1.807, 2.05) is 17.2 Å². The fourth-order valence-corrected chi connectivity index (χ4v) is 2.82. The summed E-state index contributed by atoms with van der Waals surface area (Å²) in [7, 11) is 0. The number of benzene rings is 1. The molecule has 1 aromatic carbocycles. The van der Waals surface area contributed by atoms with Crippen LogP contribution in [0, 0.1) is 5.92 Å². The first-order valence-corrected chi connectivity index (χ1v) is 6.68. The van der Waals surface area contributed by atoms with Crippen LogP contribution in [0.25, 0.3) is 0 Å². The highest BCUT2D eigenvalue weighted by Crippen LogP contribution is 2.30. The van der Waals surface area contributed by atoms with Crippen LogP contribution in [0.15, 0.2) is 23.2 Å². The maximum atomic E-state index is 12.2. The molecule has 0 saturated carbocycles. The van der Waals surface area contributed by atoms with Crippen LogP contribution in [0.1, 0.15) is 30.9 Å². The molecule has 0 aliphatic carbocycles. The minimum atomic E-state index is 0.268. The summed E-state index contributed by atoms with van der Waals surface area (Å²) >= 11 is 0. The normalized spacial score (nSPS) is 23.1. The Bertz CT molecular complexity index is 507. The Balaban J connectivity index is 1.97. The summed E-state index contributed by atoms with van der Waals surface area (Å²) in [5, 5.41) is 0. The van der Waals surface area contributed by atoms with E-state index in [0.717, 1.165) is 31.6 Å². The van der Waals surface area contributed by atoms with Crippen molar-refractivity contribution in [3.05, 3.63) is 29.3 Å². The first kappa shape index (κ1) is 11.5. The molecule has 1 atom stereocenters. The van der Waals surface area contributed by atoms with Crippen molar-refractivity contribution in [3.63, 3.8) is 0 Å². The summed E-state index contributed by atoms with van der Waals surface area (Å²) in [6, 6.07) is 6.18. The highest BCUT2D eigenvalue weighted by atomic mass is 16.2. The van der Waals surface area contributed by atoms with E-state index in [1.165, 1.54) is 11.1 Å². The van der Waals surface area contributed by atoms with Gasteiger partial charge in [0, 0.05) is 31.4 Å². The van der Waals surface area contributed by atoms with Crippen LogP contribution in [0.3, 0.4) is 0 Å². The molecule has 3 heteroatoms. The fraction of sp³-hybridized carbons (Fsp3) is 0.467. The molecule has 1 aromatic rings. The predicted molar refractivity (Wildman–Crippen MR) is 73.4 cm³/mol. The molecule has 0 aromatic heterocycles. The second-order valence-corrected chi connectivity index (χ2v) is 5.27. The van der Waals surface area contributed by atoms with Gasteiger partial charge in [-0.2, -0.15) is 0 Å². The lowest BCUT2D eigenvalue weighted by Gasteiger charge is -2.32. The minimum absolute atomic E-state index is 0.268. The molecule has 3 nitrogen and oxygen atoms in total. The van der Waals surface area contributed by atoms with E-state index in [0.29, 0.717) is 12.3 Å². The fourth-order valence-electron chi connectivity index (χ4n) is 2.82. The number of carbonyl (C=O) groups is 1. The molecule has 0 bridgehead atoms. The van der Waals surface area contributed by atoms with Crippen LogP contribution in [0.5, 0.6) is 0 Å². The molecule has 3 rings (SSSR count). The number of nitrogens with zero attached hydrogens (tertiary/aromatic N) is 2. The lowest BCUT2D eigenvalue weighted by atomic mass is 9.95. The molecule has 0 spiro atoms. The summed E-state index contributed by atoms with van der Waals surface area (Å²) in [6.45, 7) is 3.85. The number of carbonyl (C=O) groups excluding carboxylic acids is 1. The molecule has 1 saturated heterocycles. The molecule has 0 radical (unpaired) electrons. The summed E-state index contributed by atoms with van der Waals surface area (Å²) in [4.78, 5) is 18.5. The number of fused-ring (bicyclic) bond motifs is 1. The van der Waals surface area contributed by atoms with Gasteiger partial charge in [-0.3, -0.25) is 9.79 Å². The van der Waals surface area contributed by atoms with Crippen molar-refractivity contribution in [1.82, 2.24) is 0 Å². The monoisotopic (exact) mass is 242 g/mol. The van der Waals surface area contributed by atoms with Crippen molar-refractivity contribution in [2.75, 3.05) is 18.0 Å². The number of amides is 1. The first-order chi connectivity index (χ1) is 8.75. The third kappa shape index (κ3) is 1.94.